The molecule has 2 rings (SSSR count). The quantitative estimate of drug-likeness (QED) is 0.790. The number of anilines is 1. The molecule has 19 heavy (non-hydrogen) atoms. The van der Waals surface area contributed by atoms with Crippen molar-refractivity contribution in [3.63, 3.8) is 0 Å². The molecule has 3 nitrogen and oxygen atoms in total. The lowest BCUT2D eigenvalue weighted by atomic mass is 10.1. The van der Waals surface area contributed by atoms with E-state index in [0.717, 1.165) is 16.7 Å². The van der Waals surface area contributed by atoms with E-state index in [9.17, 15) is 4.79 Å². The van der Waals surface area contributed by atoms with Crippen LogP contribution < -0.4 is 4.90 Å². The number of rotatable bonds is 4. The van der Waals surface area contributed by atoms with E-state index in [1.165, 1.54) is 12.0 Å². The van der Waals surface area contributed by atoms with Crippen LogP contribution in [0.5, 0.6) is 0 Å². The molecule has 0 N–H and O–H groups in total. The van der Waals surface area contributed by atoms with E-state index in [-0.39, 0.29) is 5.97 Å². The number of methoxy groups -OCH3 is 1. The summed E-state index contributed by atoms with van der Waals surface area (Å²) in [6, 6.07) is 9.49. The maximum absolute atomic E-state index is 11.8. The van der Waals surface area contributed by atoms with E-state index in [2.05, 4.69) is 15.9 Å². The zero-order chi connectivity index (χ0) is 13.8. The van der Waals surface area contributed by atoms with Gasteiger partial charge in [0.25, 0.3) is 0 Å². The zero-order valence-corrected chi connectivity index (χ0v) is 13.1. The summed E-state index contributed by atoms with van der Waals surface area (Å²) < 4.78 is 5.91. The van der Waals surface area contributed by atoms with E-state index in [0.29, 0.717) is 5.56 Å². The van der Waals surface area contributed by atoms with Crippen molar-refractivity contribution < 1.29 is 9.53 Å². The minimum Gasteiger partial charge on any atom is -0.465 e. The summed E-state index contributed by atoms with van der Waals surface area (Å²) in [7, 11) is 3.36. The highest BCUT2D eigenvalue weighted by molar-refractivity contribution is 9.10. The van der Waals surface area contributed by atoms with Gasteiger partial charge in [0.15, 0.2) is 0 Å². The number of para-hydroxylation sites is 1. The molecule has 0 saturated heterocycles. The summed E-state index contributed by atoms with van der Waals surface area (Å²) in [4.78, 5) is 15.0. The molecule has 1 heterocycles. The van der Waals surface area contributed by atoms with Crippen LogP contribution in [0.4, 0.5) is 5.69 Å². The molecular weight excluding hydrogens is 326 g/mol. The Labute approximate surface area is 124 Å². The predicted molar refractivity (Wildman–Crippen MR) is 81.9 cm³/mol. The van der Waals surface area contributed by atoms with Crippen molar-refractivity contribution in [3.05, 3.63) is 50.6 Å². The van der Waals surface area contributed by atoms with Crippen LogP contribution in [0.1, 0.15) is 15.2 Å². The van der Waals surface area contributed by atoms with Gasteiger partial charge in [-0.3, -0.25) is 0 Å². The fraction of sp³-hybridized carbons (Fsp3) is 0.214. The number of thiophene rings is 1. The number of halogens is 1. The van der Waals surface area contributed by atoms with Gasteiger partial charge in [-0.25, -0.2) is 4.79 Å². The molecule has 100 valence electrons. The smallest absolute Gasteiger partial charge is 0.339 e. The zero-order valence-electron chi connectivity index (χ0n) is 10.7. The van der Waals surface area contributed by atoms with E-state index >= 15 is 0 Å². The van der Waals surface area contributed by atoms with Crippen molar-refractivity contribution in [1.82, 2.24) is 0 Å². The molecule has 0 aliphatic rings. The van der Waals surface area contributed by atoms with Crippen LogP contribution in [-0.2, 0) is 11.3 Å². The lowest BCUT2D eigenvalue weighted by molar-refractivity contribution is 0.0601. The number of hydrogen-bond acceptors (Lipinski definition) is 4. The minimum atomic E-state index is -0.312. The third kappa shape index (κ3) is 3.16. The van der Waals surface area contributed by atoms with Crippen molar-refractivity contribution in [2.75, 3.05) is 19.1 Å². The second-order valence-corrected chi connectivity index (χ2v) is 5.91. The number of ether oxygens (including phenoxy) is 1. The standard InChI is InChI=1S/C14H14BrNO2S/c1-16(9-13-11(15)7-8-19-13)12-6-4-3-5-10(12)14(17)18-2/h3-8H,9H2,1-2H3. The van der Waals surface area contributed by atoms with E-state index < -0.39 is 0 Å². The molecule has 0 bridgehead atoms. The molecule has 2 aromatic rings. The first-order chi connectivity index (χ1) is 9.13. The Morgan fingerprint density at radius 1 is 1.37 bits per heavy atom. The molecule has 0 spiro atoms. The second-order valence-electron chi connectivity index (χ2n) is 4.06. The average molecular weight is 340 g/mol. The summed E-state index contributed by atoms with van der Waals surface area (Å²) in [5.74, 6) is -0.312. The Hall–Kier alpha value is -1.33. The Morgan fingerprint density at radius 3 is 2.74 bits per heavy atom. The molecule has 0 aliphatic carbocycles. The van der Waals surface area contributed by atoms with Gasteiger partial charge in [-0.15, -0.1) is 11.3 Å². The number of benzene rings is 1. The largest absolute Gasteiger partial charge is 0.465 e. The summed E-state index contributed by atoms with van der Waals surface area (Å²) in [5, 5.41) is 2.04. The molecule has 0 fully saturated rings. The number of carbonyl (C=O) groups excluding carboxylic acids is 1. The van der Waals surface area contributed by atoms with Crippen molar-refractivity contribution in [1.29, 1.82) is 0 Å². The Kier molecular flexibility index (Phi) is 4.61. The third-order valence-corrected chi connectivity index (χ3v) is 4.70. The average Bonchev–Trinajstić information content (AvgIpc) is 2.83. The number of nitrogens with zero attached hydrogens (tertiary/aromatic N) is 1. The predicted octanol–water partition coefficient (Wildman–Crippen LogP) is 3.93. The highest BCUT2D eigenvalue weighted by Gasteiger charge is 2.15. The van der Waals surface area contributed by atoms with Crippen molar-refractivity contribution >= 4 is 38.9 Å². The lowest BCUT2D eigenvalue weighted by Crippen LogP contribution is -2.19. The SMILES string of the molecule is COC(=O)c1ccccc1N(C)Cc1sccc1Br. The van der Waals surface area contributed by atoms with Crippen molar-refractivity contribution in [2.45, 2.75) is 6.54 Å². The van der Waals surface area contributed by atoms with Crippen molar-refractivity contribution in [2.24, 2.45) is 0 Å². The highest BCUT2D eigenvalue weighted by Crippen LogP contribution is 2.27. The summed E-state index contributed by atoms with van der Waals surface area (Å²) in [6.07, 6.45) is 0. The van der Waals surface area contributed by atoms with E-state index in [1.807, 2.05) is 41.6 Å². The lowest BCUT2D eigenvalue weighted by Gasteiger charge is -2.21. The van der Waals surface area contributed by atoms with Crippen LogP contribution in [0.25, 0.3) is 0 Å². The maximum atomic E-state index is 11.8. The first kappa shape index (κ1) is 14.1. The summed E-state index contributed by atoms with van der Waals surface area (Å²) in [6.45, 7) is 0.742. The second kappa shape index (κ2) is 6.21. The molecule has 0 saturated carbocycles. The molecule has 0 radical (unpaired) electrons. The first-order valence-electron chi connectivity index (χ1n) is 5.74. The van der Waals surface area contributed by atoms with Gasteiger partial charge < -0.3 is 9.64 Å². The van der Waals surface area contributed by atoms with Gasteiger partial charge in [-0.2, -0.15) is 0 Å². The van der Waals surface area contributed by atoms with Gasteiger partial charge in [0.1, 0.15) is 0 Å². The van der Waals surface area contributed by atoms with Gasteiger partial charge in [0.2, 0.25) is 0 Å². The number of carbonyl (C=O) groups is 1. The molecule has 5 heteroatoms. The van der Waals surface area contributed by atoms with Crippen LogP contribution in [0.3, 0.4) is 0 Å². The van der Waals surface area contributed by atoms with Crippen LogP contribution in [0.2, 0.25) is 0 Å². The van der Waals surface area contributed by atoms with Gasteiger partial charge in [-0.1, -0.05) is 12.1 Å². The Morgan fingerprint density at radius 2 is 2.11 bits per heavy atom. The third-order valence-electron chi connectivity index (χ3n) is 2.79. The van der Waals surface area contributed by atoms with Gasteiger partial charge in [0.05, 0.1) is 24.9 Å². The van der Waals surface area contributed by atoms with Crippen LogP contribution in [-0.4, -0.2) is 20.1 Å². The summed E-state index contributed by atoms with van der Waals surface area (Å²) >= 11 is 5.21. The maximum Gasteiger partial charge on any atom is 0.339 e. The van der Waals surface area contributed by atoms with Crippen molar-refractivity contribution in [3.8, 4) is 0 Å². The Bertz CT molecular complexity index is 582. The molecule has 0 aliphatic heterocycles. The minimum absolute atomic E-state index is 0.312. The molecule has 0 unspecified atom stereocenters. The van der Waals surface area contributed by atoms with Crippen LogP contribution >= 0.6 is 27.3 Å². The fourth-order valence-electron chi connectivity index (χ4n) is 1.83. The monoisotopic (exact) mass is 339 g/mol. The molecule has 1 aromatic carbocycles. The normalized spacial score (nSPS) is 10.3. The van der Waals surface area contributed by atoms with Gasteiger partial charge in [0, 0.05) is 16.4 Å². The fourth-order valence-corrected chi connectivity index (χ4v) is 3.36. The topological polar surface area (TPSA) is 29.5 Å². The number of hydrogen-bond donors (Lipinski definition) is 0. The number of esters is 1. The molecular formula is C14H14BrNO2S. The van der Waals surface area contributed by atoms with E-state index in [4.69, 9.17) is 4.74 Å². The molecule has 1 aromatic heterocycles. The van der Waals surface area contributed by atoms with Gasteiger partial charge >= 0.3 is 5.97 Å². The highest BCUT2D eigenvalue weighted by atomic mass is 79.9. The van der Waals surface area contributed by atoms with Crippen LogP contribution in [0.15, 0.2) is 40.2 Å². The van der Waals surface area contributed by atoms with Crippen LogP contribution in [0, 0.1) is 0 Å². The molecule has 0 atom stereocenters. The van der Waals surface area contributed by atoms with Gasteiger partial charge in [-0.05, 0) is 39.5 Å². The van der Waals surface area contributed by atoms with E-state index in [1.54, 1.807) is 17.4 Å². The summed E-state index contributed by atoms with van der Waals surface area (Å²) in [5.41, 5.74) is 1.45. The molecule has 0 amide bonds. The first-order valence-corrected chi connectivity index (χ1v) is 7.41. The Balaban J connectivity index is 2.26.